The van der Waals surface area contributed by atoms with Crippen molar-refractivity contribution in [1.82, 2.24) is 15.0 Å². The Hall–Kier alpha value is -2.04. The van der Waals surface area contributed by atoms with Gasteiger partial charge in [-0.25, -0.2) is 0 Å². The standard InChI is InChI=1S/C15H19N3O2/c1-10(2)13-8-18(17-16-13)7-11(3)12-5-4-6-14-15(12)20-9-19-14/h4-6,8,10-11H,7,9H2,1-3H3/t11-/m1/s1. The van der Waals surface area contributed by atoms with Crippen molar-refractivity contribution in [3.8, 4) is 11.5 Å². The Kier molecular flexibility index (Phi) is 3.34. The lowest BCUT2D eigenvalue weighted by molar-refractivity contribution is 0.173. The fraction of sp³-hybridized carbons (Fsp3) is 0.467. The molecule has 1 aliphatic rings. The summed E-state index contributed by atoms with van der Waals surface area (Å²) in [4.78, 5) is 0. The summed E-state index contributed by atoms with van der Waals surface area (Å²) in [6.07, 6.45) is 2.02. The molecule has 0 spiro atoms. The molecule has 5 nitrogen and oxygen atoms in total. The summed E-state index contributed by atoms with van der Waals surface area (Å²) in [5.41, 5.74) is 2.18. The molecule has 5 heteroatoms. The molecule has 0 N–H and O–H groups in total. The largest absolute Gasteiger partial charge is 0.454 e. The summed E-state index contributed by atoms with van der Waals surface area (Å²) in [5.74, 6) is 2.38. The quantitative estimate of drug-likeness (QED) is 0.859. The zero-order valence-corrected chi connectivity index (χ0v) is 12.0. The number of hydrogen-bond donors (Lipinski definition) is 0. The van der Waals surface area contributed by atoms with E-state index in [1.807, 2.05) is 23.0 Å². The van der Waals surface area contributed by atoms with Crippen LogP contribution in [0.1, 0.15) is 43.9 Å². The van der Waals surface area contributed by atoms with E-state index in [0.717, 1.165) is 29.3 Å². The molecule has 1 atom stereocenters. The topological polar surface area (TPSA) is 49.2 Å². The van der Waals surface area contributed by atoms with Crippen molar-refractivity contribution < 1.29 is 9.47 Å². The van der Waals surface area contributed by atoms with E-state index >= 15 is 0 Å². The monoisotopic (exact) mass is 273 g/mol. The highest BCUT2D eigenvalue weighted by Crippen LogP contribution is 2.39. The van der Waals surface area contributed by atoms with Crippen LogP contribution in [0.25, 0.3) is 0 Å². The van der Waals surface area contributed by atoms with E-state index in [0.29, 0.717) is 12.7 Å². The molecule has 0 saturated carbocycles. The van der Waals surface area contributed by atoms with Crippen LogP contribution in [0.3, 0.4) is 0 Å². The first-order valence-electron chi connectivity index (χ1n) is 6.93. The Balaban J connectivity index is 1.79. The molecule has 0 fully saturated rings. The number of benzene rings is 1. The van der Waals surface area contributed by atoms with Crippen molar-refractivity contribution >= 4 is 0 Å². The molecule has 1 aliphatic heterocycles. The van der Waals surface area contributed by atoms with E-state index in [4.69, 9.17) is 9.47 Å². The highest BCUT2D eigenvalue weighted by molar-refractivity contribution is 5.49. The van der Waals surface area contributed by atoms with Gasteiger partial charge in [0, 0.05) is 24.2 Å². The zero-order chi connectivity index (χ0) is 14.1. The maximum Gasteiger partial charge on any atom is 0.231 e. The maximum absolute atomic E-state index is 5.56. The van der Waals surface area contributed by atoms with Crippen LogP contribution in [0.5, 0.6) is 11.5 Å². The van der Waals surface area contributed by atoms with Gasteiger partial charge in [-0.3, -0.25) is 4.68 Å². The van der Waals surface area contributed by atoms with Gasteiger partial charge in [-0.05, 0) is 12.0 Å². The van der Waals surface area contributed by atoms with Gasteiger partial charge in [-0.15, -0.1) is 5.10 Å². The number of hydrogen-bond acceptors (Lipinski definition) is 4. The number of para-hydroxylation sites is 1. The van der Waals surface area contributed by atoms with Gasteiger partial charge in [-0.1, -0.05) is 38.1 Å². The minimum atomic E-state index is 0.286. The van der Waals surface area contributed by atoms with E-state index in [2.05, 4.69) is 37.1 Å². The van der Waals surface area contributed by atoms with Gasteiger partial charge in [0.15, 0.2) is 11.5 Å². The van der Waals surface area contributed by atoms with Crippen molar-refractivity contribution in [3.63, 3.8) is 0 Å². The van der Waals surface area contributed by atoms with Crippen molar-refractivity contribution in [3.05, 3.63) is 35.7 Å². The fourth-order valence-corrected chi connectivity index (χ4v) is 2.39. The highest BCUT2D eigenvalue weighted by Gasteiger charge is 2.21. The van der Waals surface area contributed by atoms with Gasteiger partial charge >= 0.3 is 0 Å². The molecule has 1 aromatic carbocycles. The van der Waals surface area contributed by atoms with Gasteiger partial charge < -0.3 is 9.47 Å². The third-order valence-electron chi connectivity index (χ3n) is 3.57. The summed E-state index contributed by atoms with van der Waals surface area (Å²) in [5, 5.41) is 8.38. The van der Waals surface area contributed by atoms with E-state index in [9.17, 15) is 0 Å². The van der Waals surface area contributed by atoms with Crippen molar-refractivity contribution in [2.45, 2.75) is 39.2 Å². The van der Waals surface area contributed by atoms with E-state index in [1.165, 1.54) is 0 Å². The fourth-order valence-electron chi connectivity index (χ4n) is 2.39. The first-order chi connectivity index (χ1) is 9.65. The van der Waals surface area contributed by atoms with E-state index in [1.54, 1.807) is 0 Å². The molecule has 1 aromatic heterocycles. The Morgan fingerprint density at radius 3 is 2.85 bits per heavy atom. The molecule has 2 aromatic rings. The van der Waals surface area contributed by atoms with Crippen LogP contribution in [-0.2, 0) is 6.54 Å². The smallest absolute Gasteiger partial charge is 0.231 e. The third kappa shape index (κ3) is 2.35. The van der Waals surface area contributed by atoms with Crippen LogP contribution < -0.4 is 9.47 Å². The second kappa shape index (κ2) is 5.15. The molecule has 0 saturated heterocycles. The van der Waals surface area contributed by atoms with Gasteiger partial charge in [0.05, 0.1) is 5.69 Å². The molecule has 3 rings (SSSR count). The third-order valence-corrected chi connectivity index (χ3v) is 3.57. The molecule has 2 heterocycles. The lowest BCUT2D eigenvalue weighted by Crippen LogP contribution is -2.08. The van der Waals surface area contributed by atoms with Gasteiger partial charge in [0.25, 0.3) is 0 Å². The normalized spacial score (nSPS) is 14.8. The molecule has 20 heavy (non-hydrogen) atoms. The van der Waals surface area contributed by atoms with Gasteiger partial charge in [0.2, 0.25) is 6.79 Å². The first kappa shape index (κ1) is 13.0. The minimum Gasteiger partial charge on any atom is -0.454 e. The summed E-state index contributed by atoms with van der Waals surface area (Å²) in [6, 6.07) is 6.02. The predicted octanol–water partition coefficient (Wildman–Crippen LogP) is 2.93. The summed E-state index contributed by atoms with van der Waals surface area (Å²) in [7, 11) is 0. The molecular formula is C15H19N3O2. The Morgan fingerprint density at radius 1 is 1.25 bits per heavy atom. The summed E-state index contributed by atoms with van der Waals surface area (Å²) >= 11 is 0. The van der Waals surface area contributed by atoms with Crippen LogP contribution >= 0.6 is 0 Å². The van der Waals surface area contributed by atoms with Crippen LogP contribution in [0, 0.1) is 0 Å². The van der Waals surface area contributed by atoms with E-state index < -0.39 is 0 Å². The number of fused-ring (bicyclic) bond motifs is 1. The number of nitrogens with zero attached hydrogens (tertiary/aromatic N) is 3. The second-order valence-corrected chi connectivity index (χ2v) is 5.50. The van der Waals surface area contributed by atoms with Crippen molar-refractivity contribution in [2.75, 3.05) is 6.79 Å². The number of aromatic nitrogens is 3. The Morgan fingerprint density at radius 2 is 2.10 bits per heavy atom. The SMILES string of the molecule is CC(C)c1cn(C[C@@H](C)c2cccc3c2OCO3)nn1. The zero-order valence-electron chi connectivity index (χ0n) is 12.0. The molecular weight excluding hydrogens is 254 g/mol. The Labute approximate surface area is 118 Å². The predicted molar refractivity (Wildman–Crippen MR) is 75.1 cm³/mol. The number of ether oxygens (including phenoxy) is 2. The summed E-state index contributed by atoms with van der Waals surface area (Å²) in [6.45, 7) is 7.48. The number of rotatable bonds is 4. The summed E-state index contributed by atoms with van der Waals surface area (Å²) < 4.78 is 12.9. The van der Waals surface area contributed by atoms with E-state index in [-0.39, 0.29) is 5.92 Å². The van der Waals surface area contributed by atoms with Crippen LogP contribution in [0.4, 0.5) is 0 Å². The van der Waals surface area contributed by atoms with Crippen molar-refractivity contribution in [2.24, 2.45) is 0 Å². The molecule has 0 amide bonds. The Bertz CT molecular complexity index is 607. The van der Waals surface area contributed by atoms with Gasteiger partial charge in [0.1, 0.15) is 0 Å². The average molecular weight is 273 g/mol. The molecule has 0 radical (unpaired) electrons. The average Bonchev–Trinajstić information content (AvgIpc) is 3.05. The minimum absolute atomic E-state index is 0.286. The molecule has 106 valence electrons. The molecule has 0 unspecified atom stereocenters. The highest BCUT2D eigenvalue weighted by atomic mass is 16.7. The van der Waals surface area contributed by atoms with Crippen molar-refractivity contribution in [1.29, 1.82) is 0 Å². The van der Waals surface area contributed by atoms with Crippen LogP contribution in [0.2, 0.25) is 0 Å². The van der Waals surface area contributed by atoms with Crippen LogP contribution in [-0.4, -0.2) is 21.8 Å². The lowest BCUT2D eigenvalue weighted by atomic mass is 10.00. The van der Waals surface area contributed by atoms with Crippen LogP contribution in [0.15, 0.2) is 24.4 Å². The molecule has 0 bridgehead atoms. The second-order valence-electron chi connectivity index (χ2n) is 5.50. The maximum atomic E-state index is 5.56. The van der Waals surface area contributed by atoms with Gasteiger partial charge in [-0.2, -0.15) is 0 Å². The lowest BCUT2D eigenvalue weighted by Gasteiger charge is -2.13. The molecule has 0 aliphatic carbocycles. The first-order valence-corrected chi connectivity index (χ1v) is 6.93.